The van der Waals surface area contributed by atoms with Gasteiger partial charge in [-0.1, -0.05) is 48.8 Å². The number of aromatic amines is 1. The lowest BCUT2D eigenvalue weighted by Gasteiger charge is -2.14. The minimum atomic E-state index is -1.15. The smallest absolute Gasteiger partial charge is 0.413 e. The van der Waals surface area contributed by atoms with Crippen molar-refractivity contribution >= 4 is 52.7 Å². The molecule has 0 aliphatic rings. The quantitative estimate of drug-likeness (QED) is 0.493. The van der Waals surface area contributed by atoms with Gasteiger partial charge in [0.05, 0.1) is 27.6 Å². The lowest BCUT2D eigenvalue weighted by Crippen LogP contribution is -2.38. The normalized spacial score (nSPS) is 11.5. The molecule has 12 heteroatoms. The molecule has 9 nitrogen and oxygen atoms in total. The number of amides is 2. The van der Waals surface area contributed by atoms with Gasteiger partial charge in [0.15, 0.2) is 0 Å². The first-order valence-electron chi connectivity index (χ1n) is 9.53. The Bertz CT molecular complexity index is 1080. The third-order valence-corrected chi connectivity index (χ3v) is 6.00. The fraction of sp³-hybridized carbons (Fsp3) is 0.350. The molecule has 0 fully saturated rings. The number of hydrogen-bond donors (Lipinski definition) is 3. The maximum Gasteiger partial charge on any atom is 0.413 e. The molecule has 2 amide bonds. The standard InChI is InChI=1S/C20H21Cl2N5O4S/c1-4-31-20(30)25-18(28)11(8-23)9-24-12-5-14(21)17(15(22)6-12)32-16-7-13(10(2)3)19(29)27-26-16/h5-7,10-11,24H,4,9H2,1-3H3,(H,27,29)(H,25,28,30). The summed E-state index contributed by atoms with van der Waals surface area (Å²) >= 11 is 14.0. The molecule has 2 aromatic rings. The summed E-state index contributed by atoms with van der Waals surface area (Å²) in [7, 11) is 0. The van der Waals surface area contributed by atoms with Crippen molar-refractivity contribution in [3.63, 3.8) is 0 Å². The lowest BCUT2D eigenvalue weighted by molar-refractivity contribution is -0.122. The Morgan fingerprint density at radius 2 is 1.94 bits per heavy atom. The summed E-state index contributed by atoms with van der Waals surface area (Å²) in [5.41, 5.74) is 0.822. The molecule has 0 aliphatic carbocycles. The van der Waals surface area contributed by atoms with Crippen molar-refractivity contribution in [2.24, 2.45) is 5.92 Å². The minimum absolute atomic E-state index is 0.0210. The minimum Gasteiger partial charge on any atom is -0.450 e. The summed E-state index contributed by atoms with van der Waals surface area (Å²) in [6.07, 6.45) is -0.915. The summed E-state index contributed by atoms with van der Waals surface area (Å²) in [5, 5.41) is 21.8. The number of carbonyl (C=O) groups excluding carboxylic acids is 2. The van der Waals surface area contributed by atoms with Crippen molar-refractivity contribution in [1.29, 1.82) is 5.26 Å². The Labute approximate surface area is 198 Å². The summed E-state index contributed by atoms with van der Waals surface area (Å²) in [6, 6.07) is 6.68. The average molecular weight is 498 g/mol. The van der Waals surface area contributed by atoms with E-state index in [9.17, 15) is 19.6 Å². The zero-order valence-electron chi connectivity index (χ0n) is 17.5. The molecule has 1 aromatic heterocycles. The summed E-state index contributed by atoms with van der Waals surface area (Å²) in [6.45, 7) is 5.42. The van der Waals surface area contributed by atoms with E-state index in [-0.39, 0.29) is 24.6 Å². The average Bonchev–Trinajstić information content (AvgIpc) is 2.72. The van der Waals surface area contributed by atoms with E-state index in [2.05, 4.69) is 20.3 Å². The summed E-state index contributed by atoms with van der Waals surface area (Å²) in [4.78, 5) is 35.8. The van der Waals surface area contributed by atoms with Crippen LogP contribution in [0.5, 0.6) is 0 Å². The highest BCUT2D eigenvalue weighted by molar-refractivity contribution is 7.99. The number of ether oxygens (including phenoxy) is 1. The number of nitriles is 1. The van der Waals surface area contributed by atoms with Crippen LogP contribution in [0.3, 0.4) is 0 Å². The van der Waals surface area contributed by atoms with Gasteiger partial charge in [0, 0.05) is 17.8 Å². The first kappa shape index (κ1) is 25.5. The second-order valence-electron chi connectivity index (χ2n) is 6.79. The maximum absolute atomic E-state index is 12.0. The fourth-order valence-electron chi connectivity index (χ4n) is 2.52. The Morgan fingerprint density at radius 1 is 1.28 bits per heavy atom. The van der Waals surface area contributed by atoms with Gasteiger partial charge in [-0.25, -0.2) is 9.89 Å². The number of hydrogen-bond acceptors (Lipinski definition) is 8. The largest absolute Gasteiger partial charge is 0.450 e. The van der Waals surface area contributed by atoms with E-state index in [1.54, 1.807) is 25.1 Å². The maximum atomic E-state index is 12.0. The second kappa shape index (κ2) is 11.8. The summed E-state index contributed by atoms with van der Waals surface area (Å²) in [5.74, 6) is -1.91. The Kier molecular flexibility index (Phi) is 9.38. The van der Waals surface area contributed by atoms with Crippen LogP contribution in [0.4, 0.5) is 10.5 Å². The third kappa shape index (κ3) is 6.88. The zero-order chi connectivity index (χ0) is 23.8. The number of anilines is 1. The van der Waals surface area contributed by atoms with Crippen LogP contribution >= 0.6 is 35.0 Å². The Hall–Kier alpha value is -2.74. The van der Waals surface area contributed by atoms with Gasteiger partial charge in [-0.05, 0) is 31.0 Å². The zero-order valence-corrected chi connectivity index (χ0v) is 19.8. The third-order valence-electron chi connectivity index (χ3n) is 4.12. The van der Waals surface area contributed by atoms with Crippen molar-refractivity contribution in [3.05, 3.63) is 44.2 Å². The molecule has 2 rings (SSSR count). The highest BCUT2D eigenvalue weighted by Crippen LogP contribution is 2.40. The van der Waals surface area contributed by atoms with E-state index in [4.69, 9.17) is 23.2 Å². The van der Waals surface area contributed by atoms with Crippen molar-refractivity contribution in [1.82, 2.24) is 15.5 Å². The van der Waals surface area contributed by atoms with E-state index < -0.39 is 17.9 Å². The Balaban J connectivity index is 2.11. The number of H-pyrrole nitrogens is 1. The van der Waals surface area contributed by atoms with Crippen molar-refractivity contribution in [3.8, 4) is 6.07 Å². The van der Waals surface area contributed by atoms with Crippen molar-refractivity contribution < 1.29 is 14.3 Å². The van der Waals surface area contributed by atoms with Crippen LogP contribution in [0, 0.1) is 17.2 Å². The van der Waals surface area contributed by atoms with E-state index in [0.29, 0.717) is 31.2 Å². The molecular weight excluding hydrogens is 477 g/mol. The predicted molar refractivity (Wildman–Crippen MR) is 122 cm³/mol. The van der Waals surface area contributed by atoms with E-state index in [0.717, 1.165) is 0 Å². The number of alkyl carbamates (subject to hydrolysis) is 1. The van der Waals surface area contributed by atoms with Gasteiger partial charge >= 0.3 is 6.09 Å². The van der Waals surface area contributed by atoms with Crippen LogP contribution < -0.4 is 16.2 Å². The van der Waals surface area contributed by atoms with Crippen LogP contribution in [-0.2, 0) is 9.53 Å². The number of aromatic nitrogens is 2. The topological polar surface area (TPSA) is 137 Å². The summed E-state index contributed by atoms with van der Waals surface area (Å²) < 4.78 is 4.63. The molecule has 0 spiro atoms. The van der Waals surface area contributed by atoms with Gasteiger partial charge in [-0.2, -0.15) is 10.4 Å². The number of nitrogens with zero attached hydrogens (tertiary/aromatic N) is 2. The molecular formula is C20H21Cl2N5O4S. The SMILES string of the molecule is CCOC(=O)NC(=O)C(C#N)CNc1cc(Cl)c(Sc2cc(C(C)C)c(=O)[nH]n2)c(Cl)c1. The van der Waals surface area contributed by atoms with E-state index in [1.807, 2.05) is 25.2 Å². The number of benzene rings is 1. The van der Waals surface area contributed by atoms with Gasteiger partial charge in [0.2, 0.25) is 5.91 Å². The lowest BCUT2D eigenvalue weighted by atomic mass is 10.1. The van der Waals surface area contributed by atoms with Crippen LogP contribution in [0.2, 0.25) is 10.0 Å². The predicted octanol–water partition coefficient (Wildman–Crippen LogP) is 4.18. The second-order valence-corrected chi connectivity index (χ2v) is 8.63. The number of halogens is 2. The van der Waals surface area contributed by atoms with E-state index >= 15 is 0 Å². The molecule has 0 radical (unpaired) electrons. The van der Waals surface area contributed by atoms with Crippen LogP contribution in [0.25, 0.3) is 0 Å². The van der Waals surface area contributed by atoms with Crippen LogP contribution in [0.15, 0.2) is 32.9 Å². The molecule has 1 heterocycles. The molecule has 32 heavy (non-hydrogen) atoms. The molecule has 0 aliphatic heterocycles. The van der Waals surface area contributed by atoms with Crippen molar-refractivity contribution in [2.45, 2.75) is 36.6 Å². The molecule has 1 atom stereocenters. The van der Waals surface area contributed by atoms with Gasteiger partial charge in [0.25, 0.3) is 5.56 Å². The fourth-order valence-corrected chi connectivity index (χ4v) is 4.04. The first-order chi connectivity index (χ1) is 15.2. The van der Waals surface area contributed by atoms with Crippen molar-refractivity contribution in [2.75, 3.05) is 18.5 Å². The van der Waals surface area contributed by atoms with Crippen LogP contribution in [-0.4, -0.2) is 35.3 Å². The van der Waals surface area contributed by atoms with Gasteiger partial charge in [-0.3, -0.25) is 14.9 Å². The molecule has 1 aromatic carbocycles. The molecule has 170 valence electrons. The number of nitrogens with one attached hydrogen (secondary N) is 3. The number of carbonyl (C=O) groups is 2. The van der Waals surface area contributed by atoms with E-state index in [1.165, 1.54) is 11.8 Å². The Morgan fingerprint density at radius 3 is 2.50 bits per heavy atom. The molecule has 0 saturated carbocycles. The number of imide groups is 1. The highest BCUT2D eigenvalue weighted by atomic mass is 35.5. The molecule has 3 N–H and O–H groups in total. The van der Waals surface area contributed by atoms with Gasteiger partial charge in [-0.15, -0.1) is 0 Å². The van der Waals surface area contributed by atoms with Gasteiger partial charge in [0.1, 0.15) is 10.9 Å². The molecule has 0 bridgehead atoms. The number of rotatable bonds is 8. The van der Waals surface area contributed by atoms with Gasteiger partial charge < -0.3 is 10.1 Å². The monoisotopic (exact) mass is 497 g/mol. The molecule has 1 unspecified atom stereocenters. The van der Waals surface area contributed by atoms with Crippen LogP contribution in [0.1, 0.15) is 32.3 Å². The molecule has 0 saturated heterocycles. The highest BCUT2D eigenvalue weighted by Gasteiger charge is 2.21. The first-order valence-corrected chi connectivity index (χ1v) is 11.1.